The number of likely N-dealkylation sites (tertiary alicyclic amines) is 1. The van der Waals surface area contributed by atoms with E-state index in [1.165, 1.54) is 30.8 Å². The van der Waals surface area contributed by atoms with Gasteiger partial charge in [-0.05, 0) is 30.8 Å². The number of aliphatic hydroxyl groups is 1. The van der Waals surface area contributed by atoms with E-state index >= 15 is 0 Å². The van der Waals surface area contributed by atoms with Crippen molar-refractivity contribution in [2.45, 2.75) is 31.7 Å². The summed E-state index contributed by atoms with van der Waals surface area (Å²) in [6.45, 7) is 6.67. The molecule has 0 spiro atoms. The molecule has 0 saturated carbocycles. The smallest absolute Gasteiger partial charge is 0.0556 e. The van der Waals surface area contributed by atoms with Crippen LogP contribution < -0.4 is 5.32 Å². The first kappa shape index (κ1) is 14.0. The van der Waals surface area contributed by atoms with Gasteiger partial charge in [-0.2, -0.15) is 0 Å². The van der Waals surface area contributed by atoms with Crippen molar-refractivity contribution in [1.82, 2.24) is 10.2 Å². The number of thiophene rings is 1. The lowest BCUT2D eigenvalue weighted by Gasteiger charge is -2.37. The minimum Gasteiger partial charge on any atom is -0.395 e. The van der Waals surface area contributed by atoms with Gasteiger partial charge in [-0.25, -0.2) is 0 Å². The lowest BCUT2D eigenvalue weighted by Crippen LogP contribution is -2.49. The fourth-order valence-electron chi connectivity index (χ4n) is 2.84. The molecule has 0 aliphatic carbocycles. The quantitative estimate of drug-likeness (QED) is 0.827. The number of piperidine rings is 1. The van der Waals surface area contributed by atoms with Gasteiger partial charge >= 0.3 is 0 Å². The zero-order valence-electron chi connectivity index (χ0n) is 11.1. The molecule has 4 heteroatoms. The Labute approximate surface area is 114 Å². The average molecular weight is 268 g/mol. The van der Waals surface area contributed by atoms with Gasteiger partial charge in [0.15, 0.2) is 0 Å². The number of aliphatic hydroxyl groups excluding tert-OH is 1. The van der Waals surface area contributed by atoms with Crippen LogP contribution in [0.2, 0.25) is 0 Å². The topological polar surface area (TPSA) is 35.5 Å². The van der Waals surface area contributed by atoms with E-state index in [9.17, 15) is 0 Å². The maximum atomic E-state index is 8.94. The normalized spacial score (nSPS) is 25.4. The highest BCUT2D eigenvalue weighted by Crippen LogP contribution is 2.30. The van der Waals surface area contributed by atoms with Gasteiger partial charge in [0.05, 0.1) is 6.61 Å². The second-order valence-corrected chi connectivity index (χ2v) is 6.06. The van der Waals surface area contributed by atoms with Crippen LogP contribution in [0.25, 0.3) is 0 Å². The zero-order chi connectivity index (χ0) is 12.8. The van der Waals surface area contributed by atoms with Gasteiger partial charge in [0.25, 0.3) is 0 Å². The van der Waals surface area contributed by atoms with E-state index in [4.69, 9.17) is 5.11 Å². The fourth-order valence-corrected chi connectivity index (χ4v) is 3.67. The first-order valence-corrected chi connectivity index (χ1v) is 7.81. The first-order chi connectivity index (χ1) is 8.83. The Morgan fingerprint density at radius 2 is 2.39 bits per heavy atom. The summed E-state index contributed by atoms with van der Waals surface area (Å²) in [6, 6.07) is 4.92. The van der Waals surface area contributed by atoms with Gasteiger partial charge in [-0.1, -0.05) is 13.0 Å². The average Bonchev–Trinajstić information content (AvgIpc) is 2.90. The molecule has 0 radical (unpaired) electrons. The summed E-state index contributed by atoms with van der Waals surface area (Å²) in [7, 11) is 0. The molecular weight excluding hydrogens is 244 g/mol. The monoisotopic (exact) mass is 268 g/mol. The third kappa shape index (κ3) is 3.79. The van der Waals surface area contributed by atoms with Crippen molar-refractivity contribution in [3.05, 3.63) is 22.4 Å². The molecule has 1 aliphatic rings. The van der Waals surface area contributed by atoms with Crippen molar-refractivity contribution in [2.24, 2.45) is 0 Å². The number of nitrogens with one attached hydrogen (secondary N) is 1. The fraction of sp³-hybridized carbons (Fsp3) is 0.714. The third-order valence-electron chi connectivity index (χ3n) is 3.56. The Hall–Kier alpha value is -0.420. The Balaban J connectivity index is 1.97. The van der Waals surface area contributed by atoms with E-state index in [-0.39, 0.29) is 6.61 Å². The number of hydrogen-bond donors (Lipinski definition) is 2. The lowest BCUT2D eigenvalue weighted by molar-refractivity contribution is 0.167. The maximum Gasteiger partial charge on any atom is 0.0556 e. The molecule has 1 aliphatic heterocycles. The molecule has 2 rings (SSSR count). The molecule has 2 unspecified atom stereocenters. The van der Waals surface area contributed by atoms with Gasteiger partial charge in [0.1, 0.15) is 0 Å². The highest BCUT2D eigenvalue weighted by atomic mass is 32.1. The van der Waals surface area contributed by atoms with E-state index in [1.807, 2.05) is 11.3 Å². The summed E-state index contributed by atoms with van der Waals surface area (Å²) in [5.74, 6) is 0.654. The maximum absolute atomic E-state index is 8.94. The second kappa shape index (κ2) is 7.24. The summed E-state index contributed by atoms with van der Waals surface area (Å²) in [5, 5.41) is 14.6. The van der Waals surface area contributed by atoms with Crippen LogP contribution in [0.3, 0.4) is 0 Å². The molecule has 2 atom stereocenters. The number of nitrogens with zero attached hydrogens (tertiary/aromatic N) is 1. The molecule has 1 fully saturated rings. The van der Waals surface area contributed by atoms with E-state index in [2.05, 4.69) is 34.7 Å². The summed E-state index contributed by atoms with van der Waals surface area (Å²) in [4.78, 5) is 4.06. The van der Waals surface area contributed by atoms with Crippen LogP contribution in [0.5, 0.6) is 0 Å². The van der Waals surface area contributed by atoms with Crippen molar-refractivity contribution >= 4 is 11.3 Å². The van der Waals surface area contributed by atoms with E-state index in [0.717, 1.165) is 6.54 Å². The molecule has 2 N–H and O–H groups in total. The first-order valence-electron chi connectivity index (χ1n) is 6.93. The largest absolute Gasteiger partial charge is 0.395 e. The molecule has 3 nitrogen and oxygen atoms in total. The predicted molar refractivity (Wildman–Crippen MR) is 77.3 cm³/mol. The van der Waals surface area contributed by atoms with Crippen LogP contribution in [-0.2, 0) is 0 Å². The highest BCUT2D eigenvalue weighted by molar-refractivity contribution is 7.10. The van der Waals surface area contributed by atoms with E-state index < -0.39 is 0 Å². The molecule has 1 saturated heterocycles. The Kier molecular flexibility index (Phi) is 5.63. The molecule has 102 valence electrons. The van der Waals surface area contributed by atoms with E-state index in [1.54, 1.807) is 0 Å². The minimum atomic E-state index is 0.230. The Morgan fingerprint density at radius 1 is 1.50 bits per heavy atom. The summed E-state index contributed by atoms with van der Waals surface area (Å²) in [6.07, 6.45) is 2.41. The molecule has 1 aromatic heterocycles. The van der Waals surface area contributed by atoms with Crippen LogP contribution in [0.15, 0.2) is 17.5 Å². The van der Waals surface area contributed by atoms with Crippen molar-refractivity contribution in [3.63, 3.8) is 0 Å². The second-order valence-electron chi connectivity index (χ2n) is 5.08. The highest BCUT2D eigenvalue weighted by Gasteiger charge is 2.27. The Bertz CT molecular complexity index is 329. The number of hydrogen-bond acceptors (Lipinski definition) is 4. The van der Waals surface area contributed by atoms with Crippen molar-refractivity contribution < 1.29 is 5.11 Å². The summed E-state index contributed by atoms with van der Waals surface area (Å²) >= 11 is 1.87. The predicted octanol–water partition coefficient (Wildman–Crippen LogP) is 1.90. The van der Waals surface area contributed by atoms with Crippen LogP contribution in [0.1, 0.15) is 30.6 Å². The number of rotatable bonds is 6. The van der Waals surface area contributed by atoms with Gasteiger partial charge < -0.3 is 15.3 Å². The molecule has 2 heterocycles. The minimum absolute atomic E-state index is 0.230. The Morgan fingerprint density at radius 3 is 3.06 bits per heavy atom. The summed E-state index contributed by atoms with van der Waals surface area (Å²) in [5.41, 5.74) is 0. The van der Waals surface area contributed by atoms with Crippen molar-refractivity contribution in [3.8, 4) is 0 Å². The molecule has 1 aromatic rings. The standard InChI is InChI=1S/C14H24N2OS/c1-2-6-16-10-12(14-4-3-8-18-14)9-13(11-16)15-5-7-17/h3-4,8,12-13,15,17H,2,5-7,9-11H2,1H3. The molecule has 0 bridgehead atoms. The molecule has 0 amide bonds. The van der Waals surface area contributed by atoms with Gasteiger partial charge in [-0.15, -0.1) is 11.3 Å². The lowest BCUT2D eigenvalue weighted by atomic mass is 9.92. The molecule has 18 heavy (non-hydrogen) atoms. The van der Waals surface area contributed by atoms with Gasteiger partial charge in [0, 0.05) is 36.5 Å². The molecular formula is C14H24N2OS. The van der Waals surface area contributed by atoms with E-state index in [0.29, 0.717) is 18.5 Å². The third-order valence-corrected chi connectivity index (χ3v) is 4.59. The van der Waals surface area contributed by atoms with Crippen LogP contribution in [0.4, 0.5) is 0 Å². The SMILES string of the molecule is CCCN1CC(NCCO)CC(c2cccs2)C1. The van der Waals surface area contributed by atoms with Crippen molar-refractivity contribution in [2.75, 3.05) is 32.8 Å². The van der Waals surface area contributed by atoms with Gasteiger partial charge in [0.2, 0.25) is 0 Å². The van der Waals surface area contributed by atoms with Crippen LogP contribution in [-0.4, -0.2) is 48.8 Å². The summed E-state index contributed by atoms with van der Waals surface area (Å²) < 4.78 is 0. The van der Waals surface area contributed by atoms with Gasteiger partial charge in [-0.3, -0.25) is 0 Å². The molecule has 0 aromatic carbocycles. The van der Waals surface area contributed by atoms with Crippen molar-refractivity contribution in [1.29, 1.82) is 0 Å². The zero-order valence-corrected chi connectivity index (χ0v) is 12.0. The van der Waals surface area contributed by atoms with Crippen LogP contribution >= 0.6 is 11.3 Å². The van der Waals surface area contributed by atoms with Crippen LogP contribution in [0, 0.1) is 0 Å².